The van der Waals surface area contributed by atoms with E-state index >= 15 is 0 Å². The van der Waals surface area contributed by atoms with E-state index in [4.69, 9.17) is 21.1 Å². The summed E-state index contributed by atoms with van der Waals surface area (Å²) in [5, 5.41) is 3.44. The summed E-state index contributed by atoms with van der Waals surface area (Å²) in [7, 11) is 0. The number of carbonyl (C=O) groups excluding carboxylic acids is 1. The molecule has 0 bridgehead atoms. The molecule has 0 unspecified atom stereocenters. The number of ether oxygens (including phenoxy) is 2. The summed E-state index contributed by atoms with van der Waals surface area (Å²) >= 11 is 9.39. The van der Waals surface area contributed by atoms with E-state index in [1.165, 1.54) is 0 Å². The van der Waals surface area contributed by atoms with Crippen molar-refractivity contribution < 1.29 is 14.3 Å². The highest BCUT2D eigenvalue weighted by Crippen LogP contribution is 2.21. The zero-order valence-electron chi connectivity index (χ0n) is 13.5. The van der Waals surface area contributed by atoms with Gasteiger partial charge in [-0.25, -0.2) is 0 Å². The SMILES string of the molecule is Cc1ccc(OCCNC(=O)[C@@H](C)Oc2ccc(Br)cc2)cc1Cl. The Morgan fingerprint density at radius 3 is 2.54 bits per heavy atom. The molecule has 2 aromatic carbocycles. The quantitative estimate of drug-likeness (QED) is 0.687. The Balaban J connectivity index is 1.72. The Morgan fingerprint density at radius 2 is 1.88 bits per heavy atom. The second kappa shape index (κ2) is 8.94. The van der Waals surface area contributed by atoms with Crippen LogP contribution in [0.15, 0.2) is 46.9 Å². The van der Waals surface area contributed by atoms with Crippen molar-refractivity contribution in [1.29, 1.82) is 0 Å². The van der Waals surface area contributed by atoms with Crippen LogP contribution in [0, 0.1) is 6.92 Å². The summed E-state index contributed by atoms with van der Waals surface area (Å²) in [5.41, 5.74) is 0.997. The zero-order valence-corrected chi connectivity index (χ0v) is 15.9. The fraction of sp³-hybridized carbons (Fsp3) is 0.278. The maximum absolute atomic E-state index is 12.0. The van der Waals surface area contributed by atoms with Gasteiger partial charge in [0, 0.05) is 9.50 Å². The fourth-order valence-corrected chi connectivity index (χ4v) is 2.36. The van der Waals surface area contributed by atoms with Crippen molar-refractivity contribution in [2.24, 2.45) is 0 Å². The van der Waals surface area contributed by atoms with Crippen LogP contribution in [0.1, 0.15) is 12.5 Å². The molecular formula is C18H19BrClNO3. The number of hydrogen-bond donors (Lipinski definition) is 1. The van der Waals surface area contributed by atoms with Crippen LogP contribution in [0.4, 0.5) is 0 Å². The molecule has 0 aliphatic carbocycles. The summed E-state index contributed by atoms with van der Waals surface area (Å²) in [6.45, 7) is 4.38. The lowest BCUT2D eigenvalue weighted by Crippen LogP contribution is -2.38. The van der Waals surface area contributed by atoms with Gasteiger partial charge in [-0.2, -0.15) is 0 Å². The van der Waals surface area contributed by atoms with E-state index in [0.717, 1.165) is 10.0 Å². The molecule has 1 amide bonds. The predicted octanol–water partition coefficient (Wildman–Crippen LogP) is 4.37. The Bertz CT molecular complexity index is 691. The Hall–Kier alpha value is -1.72. The van der Waals surface area contributed by atoms with Gasteiger partial charge in [0.1, 0.15) is 18.1 Å². The van der Waals surface area contributed by atoms with E-state index < -0.39 is 6.10 Å². The lowest BCUT2D eigenvalue weighted by Gasteiger charge is -2.15. The molecule has 2 aromatic rings. The number of carbonyl (C=O) groups is 1. The van der Waals surface area contributed by atoms with E-state index in [1.807, 2.05) is 31.2 Å². The lowest BCUT2D eigenvalue weighted by molar-refractivity contribution is -0.127. The average molecular weight is 413 g/mol. The van der Waals surface area contributed by atoms with Crippen LogP contribution in [0.5, 0.6) is 11.5 Å². The predicted molar refractivity (Wildman–Crippen MR) is 98.9 cm³/mol. The van der Waals surface area contributed by atoms with Gasteiger partial charge >= 0.3 is 0 Å². The van der Waals surface area contributed by atoms with Crippen molar-refractivity contribution in [3.8, 4) is 11.5 Å². The number of nitrogens with one attached hydrogen (secondary N) is 1. The van der Waals surface area contributed by atoms with Crippen molar-refractivity contribution in [3.05, 3.63) is 57.5 Å². The summed E-state index contributed by atoms with van der Waals surface area (Å²) in [4.78, 5) is 12.0. The molecule has 4 nitrogen and oxygen atoms in total. The fourth-order valence-electron chi connectivity index (χ4n) is 1.92. The smallest absolute Gasteiger partial charge is 0.260 e. The van der Waals surface area contributed by atoms with Crippen molar-refractivity contribution in [1.82, 2.24) is 5.32 Å². The number of benzene rings is 2. The van der Waals surface area contributed by atoms with Crippen LogP contribution in [0.3, 0.4) is 0 Å². The Morgan fingerprint density at radius 1 is 1.21 bits per heavy atom. The standard InChI is InChI=1S/C18H19BrClNO3/c1-12-3-6-16(11-17(12)20)23-10-9-21-18(22)13(2)24-15-7-4-14(19)5-8-15/h3-8,11,13H,9-10H2,1-2H3,(H,21,22)/t13-/m1/s1. The van der Waals surface area contributed by atoms with E-state index in [2.05, 4.69) is 21.2 Å². The average Bonchev–Trinajstić information content (AvgIpc) is 2.56. The molecule has 0 spiro atoms. The summed E-state index contributed by atoms with van der Waals surface area (Å²) < 4.78 is 12.1. The van der Waals surface area contributed by atoms with Gasteiger partial charge in [0.05, 0.1) is 6.54 Å². The maximum Gasteiger partial charge on any atom is 0.260 e. The third-order valence-electron chi connectivity index (χ3n) is 3.31. The zero-order chi connectivity index (χ0) is 17.5. The molecule has 24 heavy (non-hydrogen) atoms. The monoisotopic (exact) mass is 411 g/mol. The third-order valence-corrected chi connectivity index (χ3v) is 4.24. The lowest BCUT2D eigenvalue weighted by atomic mass is 10.2. The van der Waals surface area contributed by atoms with Crippen molar-refractivity contribution in [3.63, 3.8) is 0 Å². The topological polar surface area (TPSA) is 47.6 Å². The molecule has 1 atom stereocenters. The normalized spacial score (nSPS) is 11.7. The molecule has 0 radical (unpaired) electrons. The van der Waals surface area contributed by atoms with Gasteiger partial charge in [-0.3, -0.25) is 4.79 Å². The first-order valence-corrected chi connectivity index (χ1v) is 8.71. The molecule has 0 aromatic heterocycles. The van der Waals surface area contributed by atoms with Gasteiger partial charge in [-0.15, -0.1) is 0 Å². The molecule has 1 N–H and O–H groups in total. The van der Waals surface area contributed by atoms with Crippen molar-refractivity contribution in [2.45, 2.75) is 20.0 Å². The Kier molecular flexibility index (Phi) is 6.94. The molecule has 0 aliphatic heterocycles. The number of rotatable bonds is 7. The van der Waals surface area contributed by atoms with Gasteiger partial charge < -0.3 is 14.8 Å². The van der Waals surface area contributed by atoms with E-state index in [-0.39, 0.29) is 5.91 Å². The van der Waals surface area contributed by atoms with Gasteiger partial charge in [0.15, 0.2) is 6.10 Å². The van der Waals surface area contributed by atoms with E-state index in [1.54, 1.807) is 25.1 Å². The first-order valence-electron chi connectivity index (χ1n) is 7.54. The highest BCUT2D eigenvalue weighted by molar-refractivity contribution is 9.10. The molecule has 2 rings (SSSR count). The van der Waals surface area contributed by atoms with E-state index in [9.17, 15) is 4.79 Å². The van der Waals surface area contributed by atoms with Crippen LogP contribution in [0.2, 0.25) is 5.02 Å². The Labute approximate surface area is 155 Å². The second-order valence-electron chi connectivity index (χ2n) is 5.26. The van der Waals surface area contributed by atoms with Crippen molar-refractivity contribution >= 4 is 33.4 Å². The molecule has 128 valence electrons. The van der Waals surface area contributed by atoms with Gasteiger partial charge in [0.2, 0.25) is 0 Å². The first kappa shape index (κ1) is 18.6. The molecule has 0 fully saturated rings. The molecule has 6 heteroatoms. The molecular weight excluding hydrogens is 394 g/mol. The minimum atomic E-state index is -0.583. The second-order valence-corrected chi connectivity index (χ2v) is 6.59. The summed E-state index contributed by atoms with van der Waals surface area (Å²) in [6, 6.07) is 12.8. The number of hydrogen-bond acceptors (Lipinski definition) is 3. The highest BCUT2D eigenvalue weighted by atomic mass is 79.9. The molecule has 0 saturated carbocycles. The number of aryl methyl sites for hydroxylation is 1. The minimum absolute atomic E-state index is 0.191. The van der Waals surface area contributed by atoms with Gasteiger partial charge in [-0.05, 0) is 55.8 Å². The van der Waals surface area contributed by atoms with Crippen LogP contribution >= 0.6 is 27.5 Å². The first-order chi connectivity index (χ1) is 11.5. The van der Waals surface area contributed by atoms with Crippen molar-refractivity contribution in [2.75, 3.05) is 13.2 Å². The largest absolute Gasteiger partial charge is 0.492 e. The number of halogens is 2. The minimum Gasteiger partial charge on any atom is -0.492 e. The molecule has 0 aliphatic rings. The molecule has 0 heterocycles. The number of amides is 1. The van der Waals surface area contributed by atoms with Crippen LogP contribution in [0.25, 0.3) is 0 Å². The summed E-state index contributed by atoms with van der Waals surface area (Å²) in [5.74, 6) is 1.13. The molecule has 0 saturated heterocycles. The van der Waals surface area contributed by atoms with Gasteiger partial charge in [-0.1, -0.05) is 33.6 Å². The third kappa shape index (κ3) is 5.73. The van der Waals surface area contributed by atoms with E-state index in [0.29, 0.717) is 29.7 Å². The van der Waals surface area contributed by atoms with Crippen LogP contribution in [-0.4, -0.2) is 25.2 Å². The van der Waals surface area contributed by atoms with Gasteiger partial charge in [0.25, 0.3) is 5.91 Å². The maximum atomic E-state index is 12.0. The van der Waals surface area contributed by atoms with Crippen LogP contribution < -0.4 is 14.8 Å². The highest BCUT2D eigenvalue weighted by Gasteiger charge is 2.14. The van der Waals surface area contributed by atoms with Crippen LogP contribution in [-0.2, 0) is 4.79 Å². The summed E-state index contributed by atoms with van der Waals surface area (Å²) in [6.07, 6.45) is -0.583.